The summed E-state index contributed by atoms with van der Waals surface area (Å²) in [5.41, 5.74) is 1.73. The molecule has 2 aromatic rings. The third kappa shape index (κ3) is 5.21. The van der Waals surface area contributed by atoms with Gasteiger partial charge in [0.15, 0.2) is 0 Å². The van der Waals surface area contributed by atoms with Gasteiger partial charge in [-0.1, -0.05) is 0 Å². The van der Waals surface area contributed by atoms with Crippen molar-refractivity contribution in [1.82, 2.24) is 4.58 Å². The average Bonchev–Trinajstić information content (AvgIpc) is 2.84. The number of aliphatic carboxylic acids is 2. The van der Waals surface area contributed by atoms with Crippen LogP contribution in [0.3, 0.4) is 0 Å². The molecule has 0 aliphatic carbocycles. The molecule has 0 radical (unpaired) electrons. The second-order valence-electron chi connectivity index (χ2n) is 10.1. The maximum Gasteiger partial charge on any atom is 0.417 e. The molecule has 0 aromatic heterocycles. The standard InChI is InChI=1S/C28H29F3N2O5/c29-28(30,31)27-19-13-17-5-1-9-32(11-3-7-25(34)35)21(17)15-23(19)38-24-16-22-18(14-20(24)27)6-2-10-33(22)12-4-8-26(36)37/h13-16H,1-12H2,(H-,34,35,36,37)/p+1. The van der Waals surface area contributed by atoms with E-state index in [-0.39, 0.29) is 35.1 Å². The molecule has 0 fully saturated rings. The number of hydrogen-bond acceptors (Lipinski definition) is 4. The monoisotopic (exact) mass is 531 g/mol. The van der Waals surface area contributed by atoms with Gasteiger partial charge in [-0.15, -0.1) is 0 Å². The third-order valence-electron chi connectivity index (χ3n) is 7.47. The minimum absolute atomic E-state index is 0.0285. The largest absolute Gasteiger partial charge is 0.481 e. The van der Waals surface area contributed by atoms with Crippen LogP contribution in [0.5, 0.6) is 11.5 Å². The number of alkyl halides is 3. The van der Waals surface area contributed by atoms with Crippen molar-refractivity contribution < 1.29 is 37.7 Å². The Balaban J connectivity index is 1.61. The maximum absolute atomic E-state index is 14.6. The molecule has 0 amide bonds. The highest BCUT2D eigenvalue weighted by Gasteiger charge is 2.41. The molecule has 0 saturated carbocycles. The fraction of sp³-hybridized carbons (Fsp3) is 0.464. The van der Waals surface area contributed by atoms with E-state index in [1.165, 1.54) is 0 Å². The van der Waals surface area contributed by atoms with E-state index in [0.29, 0.717) is 51.9 Å². The summed E-state index contributed by atoms with van der Waals surface area (Å²) < 4.78 is 51.9. The maximum atomic E-state index is 14.6. The van der Waals surface area contributed by atoms with Crippen LogP contribution in [-0.4, -0.2) is 54.5 Å². The van der Waals surface area contributed by atoms with E-state index in [1.54, 1.807) is 24.3 Å². The number of hydrogen-bond donors (Lipinski definition) is 2. The normalized spacial score (nSPS) is 16.2. The van der Waals surface area contributed by atoms with Gasteiger partial charge in [-0.3, -0.25) is 9.59 Å². The molecule has 0 bridgehead atoms. The first-order valence-corrected chi connectivity index (χ1v) is 13.0. The van der Waals surface area contributed by atoms with Gasteiger partial charge in [-0.25, -0.2) is 4.58 Å². The molecular formula is C28H30F3N2O5+. The summed E-state index contributed by atoms with van der Waals surface area (Å²) in [5.74, 6) is -1.47. The molecule has 2 aromatic carbocycles. The summed E-state index contributed by atoms with van der Waals surface area (Å²) in [6.45, 7) is 2.42. The van der Waals surface area contributed by atoms with Crippen molar-refractivity contribution in [2.24, 2.45) is 0 Å². The van der Waals surface area contributed by atoms with Crippen molar-refractivity contribution in [3.63, 3.8) is 0 Å². The summed E-state index contributed by atoms with van der Waals surface area (Å²) in [6.07, 6.45) is -0.801. The molecule has 0 saturated heterocycles. The number of fused-ring (bicyclic) bond motifs is 4. The fourth-order valence-electron chi connectivity index (χ4n) is 5.81. The first-order chi connectivity index (χ1) is 18.1. The predicted molar refractivity (Wildman–Crippen MR) is 134 cm³/mol. The van der Waals surface area contributed by atoms with Crippen LogP contribution in [0.2, 0.25) is 0 Å². The Morgan fingerprint density at radius 3 is 2.42 bits per heavy atom. The third-order valence-corrected chi connectivity index (χ3v) is 7.47. The van der Waals surface area contributed by atoms with E-state index in [2.05, 4.69) is 0 Å². The Bertz CT molecular complexity index is 1420. The molecule has 7 nitrogen and oxygen atoms in total. The van der Waals surface area contributed by atoms with E-state index >= 15 is 0 Å². The highest BCUT2D eigenvalue weighted by Crippen LogP contribution is 2.45. The number of ether oxygens (including phenoxy) is 1. The fourth-order valence-corrected chi connectivity index (χ4v) is 5.81. The molecule has 3 aliphatic heterocycles. The lowest BCUT2D eigenvalue weighted by Crippen LogP contribution is -2.40. The Morgan fingerprint density at radius 2 is 1.68 bits per heavy atom. The first kappa shape index (κ1) is 26.1. The lowest BCUT2D eigenvalue weighted by atomic mass is 9.91. The SMILES string of the molecule is O=C(O)CCCN1CCCc2cc3c(cc21)Oc1cc2c(cc1=C3C(F)(F)F)CCC[N+]=2CCCC(=O)O. The zero-order chi connectivity index (χ0) is 27.0. The van der Waals surface area contributed by atoms with Crippen LogP contribution >= 0.6 is 0 Å². The average molecular weight is 532 g/mol. The molecule has 202 valence electrons. The minimum atomic E-state index is -4.60. The van der Waals surface area contributed by atoms with Gasteiger partial charge in [0.05, 0.1) is 18.1 Å². The lowest BCUT2D eigenvalue weighted by Gasteiger charge is -2.33. The van der Waals surface area contributed by atoms with E-state index in [4.69, 9.17) is 14.9 Å². The molecule has 5 rings (SSSR count). The molecule has 0 spiro atoms. The number of benzene rings is 2. The van der Waals surface area contributed by atoms with Crippen LogP contribution in [0.15, 0.2) is 24.3 Å². The Labute approximate surface area is 217 Å². The molecule has 10 heteroatoms. The van der Waals surface area contributed by atoms with E-state index in [9.17, 15) is 22.8 Å². The number of anilines is 1. The number of rotatable bonds is 8. The van der Waals surface area contributed by atoms with Crippen molar-refractivity contribution in [2.75, 3.05) is 31.1 Å². The quantitative estimate of drug-likeness (QED) is 0.507. The van der Waals surface area contributed by atoms with Gasteiger partial charge in [-0.2, -0.15) is 13.2 Å². The van der Waals surface area contributed by atoms with Crippen molar-refractivity contribution >= 4 is 23.2 Å². The van der Waals surface area contributed by atoms with Crippen LogP contribution < -0.4 is 24.8 Å². The number of carboxylic acids is 2. The van der Waals surface area contributed by atoms with Crippen LogP contribution in [0.25, 0.3) is 5.57 Å². The van der Waals surface area contributed by atoms with Crippen molar-refractivity contribution in [1.29, 1.82) is 0 Å². The minimum Gasteiger partial charge on any atom is -0.481 e. The van der Waals surface area contributed by atoms with Crippen molar-refractivity contribution in [2.45, 2.75) is 57.5 Å². The molecule has 0 unspecified atom stereocenters. The summed E-state index contributed by atoms with van der Waals surface area (Å²) in [4.78, 5) is 24.0. The molecule has 0 atom stereocenters. The second kappa shape index (κ2) is 10.3. The Morgan fingerprint density at radius 1 is 0.947 bits per heavy atom. The molecule has 38 heavy (non-hydrogen) atoms. The highest BCUT2D eigenvalue weighted by molar-refractivity contribution is 5.81. The van der Waals surface area contributed by atoms with Gasteiger partial charge < -0.3 is 19.8 Å². The summed E-state index contributed by atoms with van der Waals surface area (Å²) in [6, 6.07) is 6.53. The summed E-state index contributed by atoms with van der Waals surface area (Å²) >= 11 is 0. The number of carboxylic acid groups (broad SMARTS) is 2. The number of carbonyl (C=O) groups is 2. The molecule has 3 aliphatic rings. The Kier molecular flexibility index (Phi) is 7.07. The molecular weight excluding hydrogens is 501 g/mol. The first-order valence-electron chi connectivity index (χ1n) is 13.0. The number of nitrogens with zero attached hydrogens (tertiary/aromatic N) is 2. The number of aryl methyl sites for hydroxylation is 2. The van der Waals surface area contributed by atoms with Gasteiger partial charge >= 0.3 is 18.1 Å². The van der Waals surface area contributed by atoms with Crippen LogP contribution in [0.4, 0.5) is 18.9 Å². The molecule has 2 N–H and O–H groups in total. The predicted octanol–water partition coefficient (Wildman–Crippen LogP) is 3.47. The zero-order valence-corrected chi connectivity index (χ0v) is 20.9. The van der Waals surface area contributed by atoms with Gasteiger partial charge in [0.1, 0.15) is 24.6 Å². The number of halogens is 3. The van der Waals surface area contributed by atoms with Crippen LogP contribution in [0.1, 0.15) is 55.2 Å². The van der Waals surface area contributed by atoms with E-state index in [1.807, 2.05) is 9.48 Å². The van der Waals surface area contributed by atoms with Gasteiger partial charge in [0.2, 0.25) is 5.36 Å². The smallest absolute Gasteiger partial charge is 0.417 e. The Hall–Kier alpha value is -3.56. The highest BCUT2D eigenvalue weighted by atomic mass is 19.4. The molecule has 3 heterocycles. The van der Waals surface area contributed by atoms with Crippen molar-refractivity contribution in [3.05, 3.63) is 51.5 Å². The second-order valence-corrected chi connectivity index (χ2v) is 10.1. The van der Waals surface area contributed by atoms with Gasteiger partial charge in [0.25, 0.3) is 0 Å². The lowest BCUT2D eigenvalue weighted by molar-refractivity contribution is -0.138. The summed E-state index contributed by atoms with van der Waals surface area (Å²) in [5, 5.41) is 18.8. The summed E-state index contributed by atoms with van der Waals surface area (Å²) in [7, 11) is 0. The van der Waals surface area contributed by atoms with E-state index in [0.717, 1.165) is 35.0 Å². The van der Waals surface area contributed by atoms with Gasteiger partial charge in [0, 0.05) is 60.5 Å². The van der Waals surface area contributed by atoms with Gasteiger partial charge in [-0.05, 0) is 43.4 Å². The zero-order valence-electron chi connectivity index (χ0n) is 20.9. The van der Waals surface area contributed by atoms with Crippen LogP contribution in [-0.2, 0) is 22.4 Å². The van der Waals surface area contributed by atoms with E-state index < -0.39 is 23.7 Å². The van der Waals surface area contributed by atoms with Crippen LogP contribution in [0, 0.1) is 0 Å². The topological polar surface area (TPSA) is 90.1 Å². The van der Waals surface area contributed by atoms with Crippen molar-refractivity contribution in [3.8, 4) is 11.5 Å².